The molecule has 0 saturated heterocycles. The summed E-state index contributed by atoms with van der Waals surface area (Å²) in [7, 11) is 1.86. The fourth-order valence-electron chi connectivity index (χ4n) is 2.46. The van der Waals surface area contributed by atoms with Gasteiger partial charge in [-0.2, -0.15) is 0 Å². The van der Waals surface area contributed by atoms with E-state index in [1.54, 1.807) is 30.5 Å². The van der Waals surface area contributed by atoms with Gasteiger partial charge in [0.15, 0.2) is 6.61 Å². The molecule has 0 saturated carbocycles. The number of nitrogens with one attached hydrogen (secondary N) is 2. The van der Waals surface area contributed by atoms with Gasteiger partial charge in [0.25, 0.3) is 11.8 Å². The summed E-state index contributed by atoms with van der Waals surface area (Å²) < 4.78 is 7.17. The summed E-state index contributed by atoms with van der Waals surface area (Å²) in [5, 5.41) is 1.22. The third kappa shape index (κ3) is 3.75. The van der Waals surface area contributed by atoms with Gasteiger partial charge in [-0.05, 0) is 18.2 Å². The molecule has 0 bridgehead atoms. The highest BCUT2D eigenvalue weighted by molar-refractivity contribution is 6.32. The minimum Gasteiger partial charge on any atom is -0.482 e. The number of amides is 2. The highest BCUT2D eigenvalue weighted by atomic mass is 35.5. The summed E-state index contributed by atoms with van der Waals surface area (Å²) in [6, 6.07) is 14.4. The lowest BCUT2D eigenvalue weighted by molar-refractivity contribution is -0.123. The molecule has 0 unspecified atom stereocenters. The van der Waals surface area contributed by atoms with Crippen LogP contribution in [0.1, 0.15) is 10.4 Å². The molecule has 3 aromatic rings. The smallest absolute Gasteiger partial charge is 0.276 e. The van der Waals surface area contributed by atoms with Gasteiger partial charge in [-0.3, -0.25) is 20.4 Å². The fraction of sp³-hybridized carbons (Fsp3) is 0.111. The Bertz CT molecular complexity index is 936. The Hall–Kier alpha value is -2.99. The van der Waals surface area contributed by atoms with Gasteiger partial charge in [0, 0.05) is 24.1 Å². The lowest BCUT2D eigenvalue weighted by Crippen LogP contribution is -2.43. The van der Waals surface area contributed by atoms with Crippen molar-refractivity contribution in [1.82, 2.24) is 15.4 Å². The number of aryl methyl sites for hydroxylation is 1. The van der Waals surface area contributed by atoms with E-state index in [2.05, 4.69) is 10.9 Å². The van der Waals surface area contributed by atoms with E-state index >= 15 is 0 Å². The van der Waals surface area contributed by atoms with Gasteiger partial charge in [-0.25, -0.2) is 0 Å². The molecule has 3 rings (SSSR count). The first-order valence-corrected chi connectivity index (χ1v) is 7.94. The van der Waals surface area contributed by atoms with Crippen LogP contribution in [0, 0.1) is 0 Å². The number of hydrogen-bond acceptors (Lipinski definition) is 3. The van der Waals surface area contributed by atoms with Crippen molar-refractivity contribution < 1.29 is 14.3 Å². The zero-order valence-electron chi connectivity index (χ0n) is 13.5. The van der Waals surface area contributed by atoms with E-state index in [1.807, 2.05) is 35.9 Å². The van der Waals surface area contributed by atoms with Gasteiger partial charge in [0.2, 0.25) is 0 Å². The maximum atomic E-state index is 12.3. The number of ether oxygens (including phenoxy) is 1. The molecule has 0 aliphatic rings. The molecule has 0 spiro atoms. The van der Waals surface area contributed by atoms with Crippen molar-refractivity contribution in [3.63, 3.8) is 0 Å². The van der Waals surface area contributed by atoms with Crippen LogP contribution >= 0.6 is 11.6 Å². The Morgan fingerprint density at radius 2 is 1.80 bits per heavy atom. The van der Waals surface area contributed by atoms with Gasteiger partial charge < -0.3 is 9.30 Å². The Balaban J connectivity index is 1.58. The molecule has 7 heteroatoms. The number of fused-ring (bicyclic) bond motifs is 1. The molecular weight excluding hydrogens is 342 g/mol. The highest BCUT2D eigenvalue weighted by Crippen LogP contribution is 2.23. The van der Waals surface area contributed by atoms with E-state index in [-0.39, 0.29) is 6.61 Å². The minimum atomic E-state index is -0.492. The summed E-state index contributed by atoms with van der Waals surface area (Å²) in [4.78, 5) is 24.1. The van der Waals surface area contributed by atoms with Crippen molar-refractivity contribution in [3.05, 3.63) is 65.3 Å². The molecule has 1 aromatic heterocycles. The zero-order chi connectivity index (χ0) is 17.8. The number of hydrazine groups is 1. The predicted molar refractivity (Wildman–Crippen MR) is 95.5 cm³/mol. The number of para-hydroxylation sites is 2. The van der Waals surface area contributed by atoms with Gasteiger partial charge in [0.05, 0.1) is 10.6 Å². The summed E-state index contributed by atoms with van der Waals surface area (Å²) >= 11 is 5.94. The number of aromatic nitrogens is 1. The summed E-state index contributed by atoms with van der Waals surface area (Å²) in [6.07, 6.45) is 1.71. The first-order chi connectivity index (χ1) is 12.1. The van der Waals surface area contributed by atoms with E-state index in [0.29, 0.717) is 16.3 Å². The van der Waals surface area contributed by atoms with E-state index in [0.717, 1.165) is 10.9 Å². The first-order valence-electron chi connectivity index (χ1n) is 7.57. The van der Waals surface area contributed by atoms with Crippen LogP contribution in [0.15, 0.2) is 54.7 Å². The number of carbonyl (C=O) groups is 2. The van der Waals surface area contributed by atoms with Gasteiger partial charge in [-0.1, -0.05) is 41.9 Å². The van der Waals surface area contributed by atoms with Gasteiger partial charge in [0.1, 0.15) is 5.75 Å². The zero-order valence-corrected chi connectivity index (χ0v) is 14.2. The predicted octanol–water partition coefficient (Wildman–Crippen LogP) is 2.67. The quantitative estimate of drug-likeness (QED) is 0.705. The van der Waals surface area contributed by atoms with Crippen molar-refractivity contribution in [2.45, 2.75) is 0 Å². The lowest BCUT2D eigenvalue weighted by atomic mass is 10.2. The largest absolute Gasteiger partial charge is 0.482 e. The average molecular weight is 358 g/mol. The molecule has 1 heterocycles. The molecule has 0 fully saturated rings. The number of carbonyl (C=O) groups excluding carboxylic acids is 2. The third-order valence-electron chi connectivity index (χ3n) is 3.65. The van der Waals surface area contributed by atoms with Crippen molar-refractivity contribution >= 4 is 34.3 Å². The fourth-order valence-corrected chi connectivity index (χ4v) is 2.65. The Kier molecular flexibility index (Phi) is 4.90. The molecule has 0 atom stereocenters. The molecule has 6 nitrogen and oxygen atoms in total. The average Bonchev–Trinajstić information content (AvgIpc) is 2.96. The second-order valence-electron chi connectivity index (χ2n) is 5.39. The lowest BCUT2D eigenvalue weighted by Gasteiger charge is -2.09. The molecule has 2 aromatic carbocycles. The molecule has 25 heavy (non-hydrogen) atoms. The monoisotopic (exact) mass is 357 g/mol. The van der Waals surface area contributed by atoms with E-state index in [9.17, 15) is 9.59 Å². The summed E-state index contributed by atoms with van der Waals surface area (Å²) in [6.45, 7) is -0.264. The van der Waals surface area contributed by atoms with Crippen LogP contribution in [-0.4, -0.2) is 23.0 Å². The van der Waals surface area contributed by atoms with Crippen molar-refractivity contribution in [2.24, 2.45) is 7.05 Å². The maximum absolute atomic E-state index is 12.3. The van der Waals surface area contributed by atoms with Crippen LogP contribution in [0.3, 0.4) is 0 Å². The number of benzene rings is 2. The number of rotatable bonds is 4. The standard InChI is InChI=1S/C18H16ClN3O3/c1-22-10-13(12-6-2-4-8-15(12)22)18(24)21-20-17(23)11-25-16-9-5-3-7-14(16)19/h2-10H,11H2,1H3,(H,20,23)(H,21,24). The third-order valence-corrected chi connectivity index (χ3v) is 3.96. The van der Waals surface area contributed by atoms with Crippen LogP contribution in [0.5, 0.6) is 5.75 Å². The van der Waals surface area contributed by atoms with Crippen LogP contribution in [0.4, 0.5) is 0 Å². The number of hydrogen-bond donors (Lipinski definition) is 2. The minimum absolute atomic E-state index is 0.264. The van der Waals surface area contributed by atoms with Crippen LogP contribution in [0.25, 0.3) is 10.9 Å². The summed E-state index contributed by atoms with van der Waals surface area (Å²) in [5.74, 6) is -0.490. The van der Waals surface area contributed by atoms with Crippen molar-refractivity contribution in [2.75, 3.05) is 6.61 Å². The first kappa shape index (κ1) is 16.9. The van der Waals surface area contributed by atoms with Crippen LogP contribution in [0.2, 0.25) is 5.02 Å². The number of halogens is 1. The molecule has 2 N–H and O–H groups in total. The second kappa shape index (κ2) is 7.27. The topological polar surface area (TPSA) is 72.4 Å². The van der Waals surface area contributed by atoms with Crippen molar-refractivity contribution in [3.8, 4) is 5.75 Å². The second-order valence-corrected chi connectivity index (χ2v) is 5.80. The van der Waals surface area contributed by atoms with Crippen molar-refractivity contribution in [1.29, 1.82) is 0 Å². The normalized spacial score (nSPS) is 10.5. The van der Waals surface area contributed by atoms with E-state index in [1.165, 1.54) is 0 Å². The SMILES string of the molecule is Cn1cc(C(=O)NNC(=O)COc2ccccc2Cl)c2ccccc21. The Morgan fingerprint density at radius 1 is 1.08 bits per heavy atom. The molecule has 0 radical (unpaired) electrons. The van der Waals surface area contributed by atoms with Crippen LogP contribution in [-0.2, 0) is 11.8 Å². The Labute approximate surface area is 149 Å². The van der Waals surface area contributed by atoms with E-state index < -0.39 is 11.8 Å². The molecular formula is C18H16ClN3O3. The molecule has 0 aliphatic heterocycles. The Morgan fingerprint density at radius 3 is 2.60 bits per heavy atom. The maximum Gasteiger partial charge on any atom is 0.276 e. The highest BCUT2D eigenvalue weighted by Gasteiger charge is 2.14. The van der Waals surface area contributed by atoms with Crippen LogP contribution < -0.4 is 15.6 Å². The summed E-state index contributed by atoms with van der Waals surface area (Å²) in [5.41, 5.74) is 6.13. The molecule has 0 aliphatic carbocycles. The van der Waals surface area contributed by atoms with E-state index in [4.69, 9.17) is 16.3 Å². The van der Waals surface area contributed by atoms with Gasteiger partial charge >= 0.3 is 0 Å². The number of nitrogens with zero attached hydrogens (tertiary/aromatic N) is 1. The molecule has 128 valence electrons. The molecule has 2 amide bonds. The van der Waals surface area contributed by atoms with Gasteiger partial charge in [-0.15, -0.1) is 0 Å².